The van der Waals surface area contributed by atoms with Crippen molar-refractivity contribution in [3.8, 4) is 22.1 Å². The van der Waals surface area contributed by atoms with Crippen LogP contribution in [0.5, 0.6) is 11.5 Å². The van der Waals surface area contributed by atoms with E-state index >= 15 is 0 Å². The number of phenols is 1. The largest absolute Gasteiger partial charge is 0.504 e. The van der Waals surface area contributed by atoms with E-state index in [9.17, 15) is 9.90 Å². The molecular formula is C19H18N2O4S. The van der Waals surface area contributed by atoms with Crippen LogP contribution in [0.1, 0.15) is 12.0 Å². The Bertz CT molecular complexity index is 936. The van der Waals surface area contributed by atoms with Crippen LogP contribution in [0.2, 0.25) is 0 Å². The average Bonchev–Trinajstić information content (AvgIpc) is 2.94. The number of para-hydroxylation sites is 1. The van der Waals surface area contributed by atoms with E-state index in [2.05, 4.69) is 4.98 Å². The van der Waals surface area contributed by atoms with Crippen LogP contribution in [-0.4, -0.2) is 45.8 Å². The molecule has 0 unspecified atom stereocenters. The number of phenolic OH excluding ortho intramolecular Hbond substituents is 1. The molecule has 1 aliphatic rings. The van der Waals surface area contributed by atoms with Gasteiger partial charge in [-0.15, -0.1) is 11.3 Å². The second kappa shape index (κ2) is 6.93. The summed E-state index contributed by atoms with van der Waals surface area (Å²) in [7, 11) is 0. The van der Waals surface area contributed by atoms with Crippen LogP contribution in [-0.2, 0) is 11.3 Å². The highest BCUT2D eigenvalue weighted by Crippen LogP contribution is 2.39. The van der Waals surface area contributed by atoms with Gasteiger partial charge in [-0.1, -0.05) is 12.1 Å². The Morgan fingerprint density at radius 3 is 2.96 bits per heavy atom. The molecule has 0 bridgehead atoms. The number of nitrogens with zero attached hydrogens (tertiary/aromatic N) is 2. The molecule has 2 aromatic carbocycles. The maximum Gasteiger partial charge on any atom is 0.304 e. The van der Waals surface area contributed by atoms with E-state index in [4.69, 9.17) is 9.84 Å². The minimum absolute atomic E-state index is 0.0822. The number of carboxylic acids is 1. The van der Waals surface area contributed by atoms with Gasteiger partial charge in [0.05, 0.1) is 16.6 Å². The summed E-state index contributed by atoms with van der Waals surface area (Å²) < 4.78 is 6.80. The summed E-state index contributed by atoms with van der Waals surface area (Å²) in [6, 6.07) is 11.6. The fourth-order valence-electron chi connectivity index (χ4n) is 3.12. The molecule has 6 nitrogen and oxygen atoms in total. The van der Waals surface area contributed by atoms with E-state index in [0.717, 1.165) is 26.4 Å². The minimum atomic E-state index is -0.818. The van der Waals surface area contributed by atoms with Crippen molar-refractivity contribution >= 4 is 27.5 Å². The number of aliphatic carboxylic acids is 1. The van der Waals surface area contributed by atoms with Gasteiger partial charge in [-0.2, -0.15) is 0 Å². The molecular weight excluding hydrogens is 352 g/mol. The molecule has 134 valence electrons. The highest BCUT2D eigenvalue weighted by molar-refractivity contribution is 7.21. The number of aromatic hydroxyl groups is 1. The van der Waals surface area contributed by atoms with Crippen LogP contribution in [0.15, 0.2) is 36.4 Å². The predicted molar refractivity (Wildman–Crippen MR) is 99.7 cm³/mol. The monoisotopic (exact) mass is 370 g/mol. The average molecular weight is 370 g/mol. The molecule has 1 aliphatic heterocycles. The van der Waals surface area contributed by atoms with Crippen LogP contribution in [0, 0.1) is 0 Å². The topological polar surface area (TPSA) is 82.9 Å². The standard InChI is InChI=1S/C19H18N2O4S/c22-15-10-12(19-20-14-3-1-2-4-16(14)26-19)9-13-11-21(6-5-17(23)24)7-8-25-18(13)15/h1-4,9-10,22H,5-8,11H2,(H,23,24). The van der Waals surface area contributed by atoms with Gasteiger partial charge in [0.25, 0.3) is 0 Å². The first-order chi connectivity index (χ1) is 12.6. The Morgan fingerprint density at radius 2 is 2.15 bits per heavy atom. The Hall–Kier alpha value is -2.64. The molecule has 0 spiro atoms. The Morgan fingerprint density at radius 1 is 1.31 bits per heavy atom. The molecule has 7 heteroatoms. The molecule has 0 radical (unpaired) electrons. The zero-order valence-corrected chi connectivity index (χ0v) is 14.8. The van der Waals surface area contributed by atoms with Gasteiger partial charge < -0.3 is 14.9 Å². The lowest BCUT2D eigenvalue weighted by Gasteiger charge is -2.18. The second-order valence-corrected chi connectivity index (χ2v) is 7.27. The van der Waals surface area contributed by atoms with Crippen molar-refractivity contribution in [2.45, 2.75) is 13.0 Å². The molecule has 0 aliphatic carbocycles. The van der Waals surface area contributed by atoms with Crippen molar-refractivity contribution in [1.82, 2.24) is 9.88 Å². The Balaban J connectivity index is 1.68. The van der Waals surface area contributed by atoms with Crippen molar-refractivity contribution in [3.05, 3.63) is 42.0 Å². The number of benzene rings is 2. The third-order valence-corrected chi connectivity index (χ3v) is 5.46. The zero-order valence-electron chi connectivity index (χ0n) is 14.0. The number of ether oxygens (including phenoxy) is 1. The van der Waals surface area contributed by atoms with Gasteiger partial charge in [0.1, 0.15) is 11.6 Å². The maximum atomic E-state index is 10.8. The van der Waals surface area contributed by atoms with Crippen molar-refractivity contribution in [2.75, 3.05) is 19.7 Å². The van der Waals surface area contributed by atoms with Crippen LogP contribution in [0.3, 0.4) is 0 Å². The maximum absolute atomic E-state index is 10.8. The van der Waals surface area contributed by atoms with Crippen LogP contribution in [0.25, 0.3) is 20.8 Å². The molecule has 0 amide bonds. The van der Waals surface area contributed by atoms with E-state index in [0.29, 0.717) is 32.0 Å². The van der Waals surface area contributed by atoms with Crippen molar-refractivity contribution in [3.63, 3.8) is 0 Å². The second-order valence-electron chi connectivity index (χ2n) is 6.24. The zero-order chi connectivity index (χ0) is 18.1. The number of fused-ring (bicyclic) bond motifs is 2. The van der Waals surface area contributed by atoms with Crippen molar-refractivity contribution in [2.24, 2.45) is 0 Å². The highest BCUT2D eigenvalue weighted by atomic mass is 32.1. The van der Waals surface area contributed by atoms with Gasteiger partial charge in [0.2, 0.25) is 0 Å². The van der Waals surface area contributed by atoms with Crippen LogP contribution < -0.4 is 4.74 Å². The lowest BCUT2D eigenvalue weighted by molar-refractivity contribution is -0.137. The first kappa shape index (κ1) is 16.8. The first-order valence-electron chi connectivity index (χ1n) is 8.39. The van der Waals surface area contributed by atoms with E-state index in [1.54, 1.807) is 17.4 Å². The van der Waals surface area contributed by atoms with Gasteiger partial charge in [0, 0.05) is 30.8 Å². The molecule has 1 aromatic heterocycles. The van der Waals surface area contributed by atoms with Gasteiger partial charge >= 0.3 is 5.97 Å². The van der Waals surface area contributed by atoms with Crippen molar-refractivity contribution in [1.29, 1.82) is 0 Å². The number of rotatable bonds is 4. The summed E-state index contributed by atoms with van der Waals surface area (Å²) in [5, 5.41) is 20.2. The molecule has 0 saturated heterocycles. The normalized spacial score (nSPS) is 14.6. The molecule has 2 N–H and O–H groups in total. The molecule has 0 atom stereocenters. The summed E-state index contributed by atoms with van der Waals surface area (Å²) in [4.78, 5) is 17.5. The van der Waals surface area contributed by atoms with Gasteiger partial charge in [-0.3, -0.25) is 9.69 Å². The molecule has 26 heavy (non-hydrogen) atoms. The quantitative estimate of drug-likeness (QED) is 0.733. The summed E-state index contributed by atoms with van der Waals surface area (Å²) in [6.07, 6.45) is 0.0822. The lowest BCUT2D eigenvalue weighted by Crippen LogP contribution is -2.28. The molecule has 0 fully saturated rings. The summed E-state index contributed by atoms with van der Waals surface area (Å²) in [6.45, 7) is 2.03. The number of carboxylic acid groups (broad SMARTS) is 1. The van der Waals surface area contributed by atoms with E-state index < -0.39 is 5.97 Å². The highest BCUT2D eigenvalue weighted by Gasteiger charge is 2.21. The fraction of sp³-hybridized carbons (Fsp3) is 0.263. The number of hydrogen-bond donors (Lipinski definition) is 2. The van der Waals surface area contributed by atoms with Crippen LogP contribution in [0.4, 0.5) is 0 Å². The smallest absolute Gasteiger partial charge is 0.304 e. The number of hydrogen-bond acceptors (Lipinski definition) is 6. The lowest BCUT2D eigenvalue weighted by atomic mass is 10.1. The summed E-state index contributed by atoms with van der Waals surface area (Å²) >= 11 is 1.58. The fourth-order valence-corrected chi connectivity index (χ4v) is 4.07. The first-order valence-corrected chi connectivity index (χ1v) is 9.20. The molecule has 4 rings (SSSR count). The Labute approximate surface area is 154 Å². The predicted octanol–water partition coefficient (Wildman–Crippen LogP) is 3.34. The third-order valence-electron chi connectivity index (χ3n) is 4.38. The van der Waals surface area contributed by atoms with Gasteiger partial charge in [-0.25, -0.2) is 4.98 Å². The number of aromatic nitrogens is 1. The third kappa shape index (κ3) is 3.36. The van der Waals surface area contributed by atoms with Gasteiger partial charge in [-0.05, 0) is 24.3 Å². The molecule has 2 heterocycles. The molecule has 3 aromatic rings. The van der Waals surface area contributed by atoms with Gasteiger partial charge in [0.15, 0.2) is 11.5 Å². The van der Waals surface area contributed by atoms with Crippen LogP contribution >= 0.6 is 11.3 Å². The number of carbonyl (C=O) groups is 1. The molecule has 0 saturated carbocycles. The SMILES string of the molecule is O=C(O)CCN1CCOc2c(O)cc(-c3nc4ccccc4s3)cc2C1. The number of thiazole rings is 1. The summed E-state index contributed by atoms with van der Waals surface area (Å²) in [5.74, 6) is -0.244. The Kier molecular flexibility index (Phi) is 4.48. The van der Waals surface area contributed by atoms with E-state index in [1.807, 2.05) is 35.2 Å². The summed E-state index contributed by atoms with van der Waals surface area (Å²) in [5.41, 5.74) is 2.62. The minimum Gasteiger partial charge on any atom is -0.504 e. The van der Waals surface area contributed by atoms with Crippen molar-refractivity contribution < 1.29 is 19.7 Å². The van der Waals surface area contributed by atoms with E-state index in [-0.39, 0.29) is 12.2 Å². The van der Waals surface area contributed by atoms with E-state index in [1.165, 1.54) is 0 Å².